The number of phenolic OH excluding ortho intramolecular Hbond substituents is 2. The van der Waals surface area contributed by atoms with Gasteiger partial charge in [-0.15, -0.1) is 0 Å². The Morgan fingerprint density at radius 2 is 1.81 bits per heavy atom. The summed E-state index contributed by atoms with van der Waals surface area (Å²) < 4.78 is 5.64. The molecule has 1 unspecified atom stereocenters. The van der Waals surface area contributed by atoms with Crippen molar-refractivity contribution < 1.29 is 24.9 Å². The van der Waals surface area contributed by atoms with Gasteiger partial charge >= 0.3 is 0 Å². The maximum atomic E-state index is 13.2. The topological polar surface area (TPSA) is 87.0 Å². The maximum Gasteiger partial charge on any atom is 0.193 e. The minimum Gasteiger partial charge on any atom is -0.508 e. The first kappa shape index (κ1) is 23.6. The third kappa shape index (κ3) is 4.73. The molecule has 32 heavy (non-hydrogen) atoms. The lowest BCUT2D eigenvalue weighted by molar-refractivity contribution is 0.0415. The fourth-order valence-electron chi connectivity index (χ4n) is 4.16. The molecule has 0 heterocycles. The van der Waals surface area contributed by atoms with E-state index in [2.05, 4.69) is 0 Å². The van der Waals surface area contributed by atoms with E-state index >= 15 is 0 Å². The molecule has 1 aliphatic carbocycles. The first-order valence-corrected chi connectivity index (χ1v) is 10.8. The predicted octanol–water partition coefficient (Wildman–Crippen LogP) is 5.00. The smallest absolute Gasteiger partial charge is 0.193 e. The van der Waals surface area contributed by atoms with E-state index in [1.807, 2.05) is 33.8 Å². The van der Waals surface area contributed by atoms with Crippen LogP contribution in [0.15, 0.2) is 42.0 Å². The van der Waals surface area contributed by atoms with Gasteiger partial charge in [0.25, 0.3) is 0 Å². The highest BCUT2D eigenvalue weighted by Gasteiger charge is 2.39. The minimum absolute atomic E-state index is 0.0642. The molecule has 0 fully saturated rings. The number of rotatable bonds is 6. The van der Waals surface area contributed by atoms with Crippen molar-refractivity contribution in [3.05, 3.63) is 69.8 Å². The van der Waals surface area contributed by atoms with E-state index in [0.29, 0.717) is 30.6 Å². The Bertz CT molecular complexity index is 1070. The number of benzene rings is 2. The number of carbonyl (C=O) groups excluding carboxylic acids is 1. The number of methoxy groups -OCH3 is 1. The zero-order valence-electron chi connectivity index (χ0n) is 19.4. The molecular formula is C27H32O5. The first-order valence-electron chi connectivity index (χ1n) is 10.8. The number of aliphatic hydroxyl groups excluding tert-OH is 1. The Morgan fingerprint density at radius 1 is 1.16 bits per heavy atom. The van der Waals surface area contributed by atoms with Crippen LogP contribution >= 0.6 is 0 Å². The van der Waals surface area contributed by atoms with Crippen LogP contribution in [0.2, 0.25) is 0 Å². The van der Waals surface area contributed by atoms with E-state index in [9.17, 15) is 20.1 Å². The summed E-state index contributed by atoms with van der Waals surface area (Å²) in [5.41, 5.74) is 4.07. The summed E-state index contributed by atoms with van der Waals surface area (Å²) in [5, 5.41) is 31.4. The number of aromatic hydroxyl groups is 2. The quantitative estimate of drug-likeness (QED) is 0.337. The van der Waals surface area contributed by atoms with Gasteiger partial charge in [0.05, 0.1) is 13.2 Å². The highest BCUT2D eigenvalue weighted by molar-refractivity contribution is 6.11. The van der Waals surface area contributed by atoms with Gasteiger partial charge in [-0.25, -0.2) is 0 Å². The molecule has 5 heteroatoms. The Hall–Kier alpha value is -3.05. The Labute approximate surface area is 189 Å². The van der Waals surface area contributed by atoms with Crippen molar-refractivity contribution in [3.8, 4) is 17.2 Å². The number of carbonyl (C=O) groups is 1. The molecule has 2 aromatic rings. The van der Waals surface area contributed by atoms with Crippen LogP contribution in [0.4, 0.5) is 0 Å². The molecule has 2 aromatic carbocycles. The van der Waals surface area contributed by atoms with Crippen LogP contribution < -0.4 is 4.74 Å². The summed E-state index contributed by atoms with van der Waals surface area (Å²) in [7, 11) is 1.48. The Kier molecular flexibility index (Phi) is 6.79. The number of allylic oxidation sites excluding steroid dienone is 3. The van der Waals surface area contributed by atoms with E-state index in [0.717, 1.165) is 22.3 Å². The summed E-state index contributed by atoms with van der Waals surface area (Å²) in [6.07, 6.45) is 5.90. The summed E-state index contributed by atoms with van der Waals surface area (Å²) in [6, 6.07) is 6.48. The van der Waals surface area contributed by atoms with E-state index < -0.39 is 6.10 Å². The van der Waals surface area contributed by atoms with Gasteiger partial charge in [0.2, 0.25) is 0 Å². The van der Waals surface area contributed by atoms with Crippen LogP contribution in [0.3, 0.4) is 0 Å². The highest BCUT2D eigenvalue weighted by Crippen LogP contribution is 2.46. The van der Waals surface area contributed by atoms with Crippen molar-refractivity contribution in [2.75, 3.05) is 7.11 Å². The molecule has 0 saturated heterocycles. The standard InChI is InChI=1S/C27H32O5/c1-16(2)6-12-19-21-15-27(3,4)23(30)14-20(21)26(32-5)24(25(19)31)22(29)13-9-17-7-10-18(28)11-8-17/h6-11,13,23,28,30-31H,12,14-15H2,1-5H3/b13-9+. The van der Waals surface area contributed by atoms with Gasteiger partial charge in [-0.05, 0) is 61.4 Å². The predicted molar refractivity (Wildman–Crippen MR) is 126 cm³/mol. The summed E-state index contributed by atoms with van der Waals surface area (Å²) in [5.74, 6) is 0.0277. The zero-order chi connectivity index (χ0) is 23.6. The monoisotopic (exact) mass is 436 g/mol. The van der Waals surface area contributed by atoms with Gasteiger partial charge in [-0.2, -0.15) is 0 Å². The van der Waals surface area contributed by atoms with Crippen LogP contribution in [-0.4, -0.2) is 34.3 Å². The zero-order valence-corrected chi connectivity index (χ0v) is 19.4. The molecule has 3 rings (SSSR count). The second kappa shape index (κ2) is 9.21. The van der Waals surface area contributed by atoms with E-state index in [4.69, 9.17) is 4.74 Å². The molecule has 0 amide bonds. The molecule has 0 saturated carbocycles. The lowest BCUT2D eigenvalue weighted by Crippen LogP contribution is -2.38. The molecule has 3 N–H and O–H groups in total. The van der Waals surface area contributed by atoms with Crippen LogP contribution in [0, 0.1) is 5.41 Å². The van der Waals surface area contributed by atoms with Gasteiger partial charge in [0, 0.05) is 17.5 Å². The maximum absolute atomic E-state index is 13.2. The van der Waals surface area contributed by atoms with Crippen molar-refractivity contribution in [2.45, 2.75) is 53.1 Å². The molecule has 0 spiro atoms. The van der Waals surface area contributed by atoms with Gasteiger partial charge in [-0.3, -0.25) is 4.79 Å². The molecule has 170 valence electrons. The second-order valence-corrected chi connectivity index (χ2v) is 9.35. The van der Waals surface area contributed by atoms with Crippen molar-refractivity contribution in [1.82, 2.24) is 0 Å². The fraction of sp³-hybridized carbons (Fsp3) is 0.370. The lowest BCUT2D eigenvalue weighted by atomic mass is 9.69. The molecule has 0 aromatic heterocycles. The van der Waals surface area contributed by atoms with Crippen LogP contribution in [0.25, 0.3) is 6.08 Å². The van der Waals surface area contributed by atoms with Gasteiger partial charge in [0.15, 0.2) is 5.78 Å². The molecule has 0 aliphatic heterocycles. The van der Waals surface area contributed by atoms with Crippen LogP contribution in [0.5, 0.6) is 17.2 Å². The summed E-state index contributed by atoms with van der Waals surface area (Å²) in [6.45, 7) is 8.00. The van der Waals surface area contributed by atoms with Crippen molar-refractivity contribution in [2.24, 2.45) is 5.41 Å². The number of fused-ring (bicyclic) bond motifs is 1. The number of ether oxygens (including phenoxy) is 1. The normalized spacial score (nSPS) is 17.1. The second-order valence-electron chi connectivity index (χ2n) is 9.35. The highest BCUT2D eigenvalue weighted by atomic mass is 16.5. The molecule has 0 radical (unpaired) electrons. The van der Waals surface area contributed by atoms with Crippen molar-refractivity contribution in [1.29, 1.82) is 0 Å². The van der Waals surface area contributed by atoms with E-state index in [-0.39, 0.29) is 28.3 Å². The number of hydrogen-bond donors (Lipinski definition) is 3. The SMILES string of the molecule is COc1c2c(c(CC=C(C)C)c(O)c1C(=O)/C=C/c1ccc(O)cc1)CC(C)(C)C(O)C2. The lowest BCUT2D eigenvalue weighted by Gasteiger charge is -2.38. The van der Waals surface area contributed by atoms with Crippen LogP contribution in [-0.2, 0) is 19.3 Å². The average Bonchev–Trinajstić information content (AvgIpc) is 2.73. The van der Waals surface area contributed by atoms with Gasteiger partial charge < -0.3 is 20.1 Å². The number of ketones is 1. The molecule has 1 atom stereocenters. The third-order valence-corrected chi connectivity index (χ3v) is 6.17. The molecular weight excluding hydrogens is 404 g/mol. The third-order valence-electron chi connectivity index (χ3n) is 6.17. The average molecular weight is 437 g/mol. The van der Waals surface area contributed by atoms with Gasteiger partial charge in [0.1, 0.15) is 22.8 Å². The summed E-state index contributed by atoms with van der Waals surface area (Å²) in [4.78, 5) is 13.2. The molecule has 1 aliphatic rings. The Morgan fingerprint density at radius 3 is 2.41 bits per heavy atom. The van der Waals surface area contributed by atoms with E-state index in [1.165, 1.54) is 13.2 Å². The molecule has 5 nitrogen and oxygen atoms in total. The van der Waals surface area contributed by atoms with E-state index in [1.54, 1.807) is 30.3 Å². The van der Waals surface area contributed by atoms with Crippen molar-refractivity contribution >= 4 is 11.9 Å². The molecule has 0 bridgehead atoms. The van der Waals surface area contributed by atoms with Gasteiger partial charge in [-0.1, -0.05) is 43.7 Å². The largest absolute Gasteiger partial charge is 0.508 e. The van der Waals surface area contributed by atoms with Crippen molar-refractivity contribution in [3.63, 3.8) is 0 Å². The first-order chi connectivity index (χ1) is 15.0. The number of aliphatic hydroxyl groups is 1. The number of phenols is 2. The van der Waals surface area contributed by atoms with Crippen LogP contribution in [0.1, 0.15) is 60.3 Å². The number of hydrogen-bond acceptors (Lipinski definition) is 5. The minimum atomic E-state index is -0.583. The fourth-order valence-corrected chi connectivity index (χ4v) is 4.16. The Balaban J connectivity index is 2.16. The summed E-state index contributed by atoms with van der Waals surface area (Å²) >= 11 is 0.